The molecule has 4 heteroatoms. The molecule has 2 rings (SSSR count). The lowest BCUT2D eigenvalue weighted by molar-refractivity contribution is 0.878. The summed E-state index contributed by atoms with van der Waals surface area (Å²) >= 11 is 0. The van der Waals surface area contributed by atoms with Crippen LogP contribution in [-0.4, -0.2) is 14.8 Å². The van der Waals surface area contributed by atoms with Gasteiger partial charge in [-0.1, -0.05) is 0 Å². The van der Waals surface area contributed by atoms with Crippen molar-refractivity contribution in [3.05, 3.63) is 36.4 Å². The molecule has 1 aromatic heterocycles. The van der Waals surface area contributed by atoms with Gasteiger partial charge < -0.3 is 5.73 Å². The Bertz CT molecular complexity index is 406. The summed E-state index contributed by atoms with van der Waals surface area (Å²) in [5.74, 6) is 0. The second kappa shape index (κ2) is 2.90. The van der Waals surface area contributed by atoms with Crippen molar-refractivity contribution in [3.63, 3.8) is 0 Å². The van der Waals surface area contributed by atoms with Crippen LogP contribution < -0.4 is 5.73 Å². The van der Waals surface area contributed by atoms with Gasteiger partial charge >= 0.3 is 0 Å². The molecule has 0 atom stereocenters. The summed E-state index contributed by atoms with van der Waals surface area (Å²) in [7, 11) is 0. The largest absolute Gasteiger partial charge is 0.399 e. The molecule has 13 heavy (non-hydrogen) atoms. The van der Waals surface area contributed by atoms with E-state index in [-0.39, 0.29) is 0 Å². The van der Waals surface area contributed by atoms with Gasteiger partial charge in [0, 0.05) is 5.69 Å². The Morgan fingerprint density at radius 1 is 1.38 bits per heavy atom. The first-order valence-corrected chi connectivity index (χ1v) is 3.98. The molecule has 0 saturated carbocycles. The lowest BCUT2D eigenvalue weighted by Crippen LogP contribution is -1.96. The molecule has 2 aromatic rings. The van der Waals surface area contributed by atoms with Gasteiger partial charge in [0.2, 0.25) is 0 Å². The lowest BCUT2D eigenvalue weighted by Gasteiger charge is -2.03. The molecule has 4 nitrogen and oxygen atoms in total. The Balaban J connectivity index is 2.49. The zero-order valence-electron chi connectivity index (χ0n) is 7.31. The molecule has 66 valence electrons. The molecule has 1 heterocycles. The fraction of sp³-hybridized carbons (Fsp3) is 0.111. The van der Waals surface area contributed by atoms with E-state index in [0.29, 0.717) is 0 Å². The first-order chi connectivity index (χ1) is 6.27. The summed E-state index contributed by atoms with van der Waals surface area (Å²) in [5, 5.41) is 4.02. The standard InChI is InChI=1S/C9H10N4/c1-7-4-8(2-3-9(7)10)13-6-11-5-12-13/h2-6H,10H2,1H3. The monoisotopic (exact) mass is 174 g/mol. The number of nitrogen functional groups attached to an aromatic ring is 1. The minimum atomic E-state index is 0.795. The average Bonchev–Trinajstić information content (AvgIpc) is 2.62. The Morgan fingerprint density at radius 3 is 2.85 bits per heavy atom. The highest BCUT2D eigenvalue weighted by atomic mass is 15.3. The molecular weight excluding hydrogens is 164 g/mol. The quantitative estimate of drug-likeness (QED) is 0.660. The highest BCUT2D eigenvalue weighted by Gasteiger charge is 1.98. The molecule has 1 aromatic carbocycles. The van der Waals surface area contributed by atoms with E-state index in [1.165, 1.54) is 6.33 Å². The molecule has 0 fully saturated rings. The summed E-state index contributed by atoms with van der Waals surface area (Å²) in [5.41, 5.74) is 8.52. The predicted octanol–water partition coefficient (Wildman–Crippen LogP) is 1.16. The van der Waals surface area contributed by atoms with E-state index < -0.39 is 0 Å². The maximum atomic E-state index is 5.70. The fourth-order valence-corrected chi connectivity index (χ4v) is 1.14. The third kappa shape index (κ3) is 1.38. The van der Waals surface area contributed by atoms with Crippen molar-refractivity contribution in [2.75, 3.05) is 5.73 Å². The summed E-state index contributed by atoms with van der Waals surface area (Å²) in [6.45, 7) is 1.97. The number of rotatable bonds is 1. The van der Waals surface area contributed by atoms with Crippen molar-refractivity contribution in [2.24, 2.45) is 0 Å². The number of aromatic nitrogens is 3. The van der Waals surface area contributed by atoms with Crippen LogP contribution in [0.2, 0.25) is 0 Å². The smallest absolute Gasteiger partial charge is 0.138 e. The van der Waals surface area contributed by atoms with Gasteiger partial charge in [0.1, 0.15) is 12.7 Å². The van der Waals surface area contributed by atoms with Gasteiger partial charge in [-0.3, -0.25) is 0 Å². The van der Waals surface area contributed by atoms with Crippen LogP contribution in [0, 0.1) is 6.92 Å². The highest BCUT2D eigenvalue weighted by Crippen LogP contribution is 2.14. The molecule has 0 aliphatic carbocycles. The molecule has 0 aliphatic heterocycles. The number of anilines is 1. The van der Waals surface area contributed by atoms with Gasteiger partial charge in [0.15, 0.2) is 0 Å². The summed E-state index contributed by atoms with van der Waals surface area (Å²) in [6, 6.07) is 5.76. The number of hydrogen-bond acceptors (Lipinski definition) is 3. The van der Waals surface area contributed by atoms with Gasteiger partial charge in [-0.2, -0.15) is 5.10 Å². The van der Waals surface area contributed by atoms with E-state index in [9.17, 15) is 0 Å². The molecule has 0 spiro atoms. The van der Waals surface area contributed by atoms with E-state index in [0.717, 1.165) is 16.9 Å². The van der Waals surface area contributed by atoms with Crippen molar-refractivity contribution in [1.29, 1.82) is 0 Å². The Kier molecular flexibility index (Phi) is 1.73. The van der Waals surface area contributed by atoms with Crippen molar-refractivity contribution in [1.82, 2.24) is 14.8 Å². The third-order valence-electron chi connectivity index (χ3n) is 1.94. The molecule has 0 bridgehead atoms. The number of nitrogens with zero attached hydrogens (tertiary/aromatic N) is 3. The summed E-state index contributed by atoms with van der Waals surface area (Å²) in [6.07, 6.45) is 3.16. The van der Waals surface area contributed by atoms with Crippen molar-refractivity contribution in [2.45, 2.75) is 6.92 Å². The van der Waals surface area contributed by atoms with Gasteiger partial charge in [-0.05, 0) is 30.7 Å². The number of nitrogens with two attached hydrogens (primary N) is 1. The topological polar surface area (TPSA) is 56.7 Å². The van der Waals surface area contributed by atoms with E-state index in [2.05, 4.69) is 10.1 Å². The molecule has 0 aliphatic rings. The summed E-state index contributed by atoms with van der Waals surface area (Å²) in [4.78, 5) is 3.87. The fourth-order valence-electron chi connectivity index (χ4n) is 1.14. The van der Waals surface area contributed by atoms with E-state index in [1.807, 2.05) is 25.1 Å². The van der Waals surface area contributed by atoms with Crippen molar-refractivity contribution in [3.8, 4) is 5.69 Å². The SMILES string of the molecule is Cc1cc(-n2cncn2)ccc1N. The lowest BCUT2D eigenvalue weighted by atomic mass is 10.2. The molecule has 0 amide bonds. The molecular formula is C9H10N4. The van der Waals surface area contributed by atoms with Crippen LogP contribution in [0.25, 0.3) is 5.69 Å². The van der Waals surface area contributed by atoms with Gasteiger partial charge in [-0.25, -0.2) is 9.67 Å². The van der Waals surface area contributed by atoms with Gasteiger partial charge in [0.05, 0.1) is 5.69 Å². The molecule has 2 N–H and O–H groups in total. The van der Waals surface area contributed by atoms with E-state index >= 15 is 0 Å². The normalized spacial score (nSPS) is 10.2. The highest BCUT2D eigenvalue weighted by molar-refractivity contribution is 5.51. The Hall–Kier alpha value is -1.84. The summed E-state index contributed by atoms with van der Waals surface area (Å²) < 4.78 is 1.70. The van der Waals surface area contributed by atoms with Crippen LogP contribution in [0.5, 0.6) is 0 Å². The van der Waals surface area contributed by atoms with Crippen LogP contribution in [-0.2, 0) is 0 Å². The molecule has 0 unspecified atom stereocenters. The van der Waals surface area contributed by atoms with Crippen LogP contribution in [0.1, 0.15) is 5.56 Å². The Labute approximate surface area is 76.0 Å². The average molecular weight is 174 g/mol. The van der Waals surface area contributed by atoms with Crippen LogP contribution >= 0.6 is 0 Å². The molecule has 0 radical (unpaired) electrons. The van der Waals surface area contributed by atoms with Crippen molar-refractivity contribution >= 4 is 5.69 Å². The van der Waals surface area contributed by atoms with Gasteiger partial charge in [0.25, 0.3) is 0 Å². The van der Waals surface area contributed by atoms with Gasteiger partial charge in [-0.15, -0.1) is 0 Å². The van der Waals surface area contributed by atoms with Crippen LogP contribution in [0.15, 0.2) is 30.9 Å². The zero-order chi connectivity index (χ0) is 9.26. The first-order valence-electron chi connectivity index (χ1n) is 3.98. The number of benzene rings is 1. The molecule has 0 saturated heterocycles. The predicted molar refractivity (Wildman–Crippen MR) is 50.5 cm³/mol. The first kappa shape index (κ1) is 7.79. The number of hydrogen-bond donors (Lipinski definition) is 1. The van der Waals surface area contributed by atoms with Crippen LogP contribution in [0.3, 0.4) is 0 Å². The zero-order valence-corrected chi connectivity index (χ0v) is 7.31. The van der Waals surface area contributed by atoms with E-state index in [4.69, 9.17) is 5.73 Å². The van der Waals surface area contributed by atoms with Crippen molar-refractivity contribution < 1.29 is 0 Å². The third-order valence-corrected chi connectivity index (χ3v) is 1.94. The van der Waals surface area contributed by atoms with Crippen LogP contribution in [0.4, 0.5) is 5.69 Å². The maximum absolute atomic E-state index is 5.70. The number of aryl methyl sites for hydroxylation is 1. The minimum absolute atomic E-state index is 0.795. The minimum Gasteiger partial charge on any atom is -0.399 e. The second-order valence-electron chi connectivity index (χ2n) is 2.88. The second-order valence-corrected chi connectivity index (χ2v) is 2.88. The van der Waals surface area contributed by atoms with E-state index in [1.54, 1.807) is 11.0 Å². The maximum Gasteiger partial charge on any atom is 0.138 e. The Morgan fingerprint density at radius 2 is 2.23 bits per heavy atom.